The van der Waals surface area contributed by atoms with Crippen molar-refractivity contribution in [3.63, 3.8) is 0 Å². The Morgan fingerprint density at radius 2 is 2.00 bits per heavy atom. The maximum Gasteiger partial charge on any atom is 0.269 e. The number of nitro benzene ring substituents is 1. The third-order valence-electron chi connectivity index (χ3n) is 2.43. The molecule has 2 unspecified atom stereocenters. The van der Waals surface area contributed by atoms with Crippen LogP contribution in [-0.4, -0.2) is 21.4 Å². The van der Waals surface area contributed by atoms with Gasteiger partial charge in [0.15, 0.2) is 0 Å². The van der Waals surface area contributed by atoms with Crippen molar-refractivity contribution in [2.45, 2.75) is 36.5 Å². The van der Waals surface area contributed by atoms with Gasteiger partial charge in [0.05, 0.1) is 11.0 Å². The molecule has 0 aliphatic carbocycles. The van der Waals surface area contributed by atoms with Gasteiger partial charge in [-0.05, 0) is 13.0 Å². The molecule has 100 valence electrons. The van der Waals surface area contributed by atoms with Crippen LogP contribution in [0.25, 0.3) is 0 Å². The van der Waals surface area contributed by atoms with Crippen LogP contribution < -0.4 is 0 Å². The Kier molecular flexibility index (Phi) is 5.03. The number of non-ortho nitro benzene ring substituents is 1. The zero-order valence-corrected chi connectivity index (χ0v) is 10.7. The van der Waals surface area contributed by atoms with E-state index in [1.165, 1.54) is 12.1 Å². The van der Waals surface area contributed by atoms with Crippen molar-refractivity contribution < 1.29 is 18.8 Å². The van der Waals surface area contributed by atoms with Crippen molar-refractivity contribution in [2.75, 3.05) is 0 Å². The van der Waals surface area contributed by atoms with Crippen molar-refractivity contribution in [1.82, 2.24) is 0 Å². The SMILES string of the molecule is CC(O)C(C)Sc1ccc([N+](=O)[O-])cc1C(F)F. The van der Waals surface area contributed by atoms with Crippen molar-refractivity contribution in [3.8, 4) is 0 Å². The lowest BCUT2D eigenvalue weighted by Gasteiger charge is -2.16. The third kappa shape index (κ3) is 3.64. The first-order chi connectivity index (χ1) is 8.32. The molecule has 4 nitrogen and oxygen atoms in total. The summed E-state index contributed by atoms with van der Waals surface area (Å²) in [6.45, 7) is 3.26. The Balaban J connectivity index is 3.08. The van der Waals surface area contributed by atoms with Gasteiger partial charge in [-0.2, -0.15) is 0 Å². The molecule has 7 heteroatoms. The van der Waals surface area contributed by atoms with Crippen LogP contribution in [0.4, 0.5) is 14.5 Å². The molecule has 0 saturated carbocycles. The fraction of sp³-hybridized carbons (Fsp3) is 0.455. The molecule has 1 rings (SSSR count). The lowest BCUT2D eigenvalue weighted by Crippen LogP contribution is -2.15. The summed E-state index contributed by atoms with van der Waals surface area (Å²) in [7, 11) is 0. The molecular weight excluding hydrogens is 264 g/mol. The minimum Gasteiger partial charge on any atom is -0.392 e. The van der Waals surface area contributed by atoms with Crippen LogP contribution in [0.15, 0.2) is 23.1 Å². The van der Waals surface area contributed by atoms with Crippen LogP contribution in [-0.2, 0) is 0 Å². The number of hydrogen-bond donors (Lipinski definition) is 1. The number of benzene rings is 1. The van der Waals surface area contributed by atoms with E-state index >= 15 is 0 Å². The zero-order chi connectivity index (χ0) is 13.9. The van der Waals surface area contributed by atoms with E-state index in [-0.39, 0.29) is 21.4 Å². The van der Waals surface area contributed by atoms with Gasteiger partial charge in [0.1, 0.15) is 0 Å². The molecule has 1 N–H and O–H groups in total. The lowest BCUT2D eigenvalue weighted by molar-refractivity contribution is -0.385. The van der Waals surface area contributed by atoms with E-state index < -0.39 is 17.5 Å². The van der Waals surface area contributed by atoms with Crippen molar-refractivity contribution in [2.24, 2.45) is 0 Å². The Labute approximate surface area is 107 Å². The summed E-state index contributed by atoms with van der Waals surface area (Å²) in [6.07, 6.45) is -3.44. The van der Waals surface area contributed by atoms with Gasteiger partial charge in [-0.25, -0.2) is 8.78 Å². The van der Waals surface area contributed by atoms with Crippen molar-refractivity contribution in [1.29, 1.82) is 0 Å². The Bertz CT molecular complexity index is 440. The van der Waals surface area contributed by atoms with Gasteiger partial charge in [0.2, 0.25) is 0 Å². The maximum atomic E-state index is 12.8. The number of alkyl halides is 2. The first-order valence-corrected chi connectivity index (χ1v) is 6.12. The average Bonchev–Trinajstić information content (AvgIpc) is 2.28. The number of thioether (sulfide) groups is 1. The molecule has 0 spiro atoms. The van der Waals surface area contributed by atoms with Gasteiger partial charge in [0, 0.05) is 27.8 Å². The highest BCUT2D eigenvalue weighted by atomic mass is 32.2. The molecule has 0 amide bonds. The second-order valence-electron chi connectivity index (χ2n) is 3.84. The normalized spacial score (nSPS) is 14.6. The highest BCUT2D eigenvalue weighted by Gasteiger charge is 2.20. The third-order valence-corrected chi connectivity index (χ3v) is 3.82. The fourth-order valence-corrected chi connectivity index (χ4v) is 2.25. The Hall–Kier alpha value is -1.21. The molecule has 0 aliphatic rings. The molecule has 0 saturated heterocycles. The predicted octanol–water partition coefficient (Wildman–Crippen LogP) is 3.39. The van der Waals surface area contributed by atoms with Gasteiger partial charge in [-0.15, -0.1) is 11.8 Å². The number of rotatable bonds is 5. The summed E-state index contributed by atoms with van der Waals surface area (Å²) in [6, 6.07) is 3.36. The minimum atomic E-state index is -2.78. The van der Waals surface area contributed by atoms with E-state index in [4.69, 9.17) is 0 Å². The van der Waals surface area contributed by atoms with Gasteiger partial charge in [-0.1, -0.05) is 6.92 Å². The molecule has 0 aromatic heterocycles. The summed E-state index contributed by atoms with van der Waals surface area (Å²) < 4.78 is 25.6. The largest absolute Gasteiger partial charge is 0.392 e. The van der Waals surface area contributed by atoms with Crippen LogP contribution in [0, 0.1) is 10.1 Å². The monoisotopic (exact) mass is 277 g/mol. The molecule has 18 heavy (non-hydrogen) atoms. The van der Waals surface area contributed by atoms with Crippen LogP contribution in [0.2, 0.25) is 0 Å². The number of nitro groups is 1. The van der Waals surface area contributed by atoms with E-state index in [0.717, 1.165) is 17.8 Å². The smallest absolute Gasteiger partial charge is 0.269 e. The first kappa shape index (κ1) is 14.8. The van der Waals surface area contributed by atoms with Crippen molar-refractivity contribution in [3.05, 3.63) is 33.9 Å². The summed E-state index contributed by atoms with van der Waals surface area (Å²) >= 11 is 1.07. The molecule has 0 bridgehead atoms. The fourth-order valence-electron chi connectivity index (χ4n) is 1.23. The van der Waals surface area contributed by atoms with Crippen molar-refractivity contribution >= 4 is 17.4 Å². The zero-order valence-electron chi connectivity index (χ0n) is 9.84. The van der Waals surface area contributed by atoms with E-state index in [1.54, 1.807) is 13.8 Å². The second kappa shape index (κ2) is 6.10. The average molecular weight is 277 g/mol. The molecule has 0 fully saturated rings. The van der Waals surface area contributed by atoms with Crippen LogP contribution >= 0.6 is 11.8 Å². The minimum absolute atomic E-state index is 0.254. The van der Waals surface area contributed by atoms with Gasteiger partial charge < -0.3 is 5.11 Å². The highest BCUT2D eigenvalue weighted by molar-refractivity contribution is 8.00. The number of hydrogen-bond acceptors (Lipinski definition) is 4. The van der Waals surface area contributed by atoms with E-state index in [1.807, 2.05) is 0 Å². The molecule has 1 aromatic carbocycles. The maximum absolute atomic E-state index is 12.8. The van der Waals surface area contributed by atoms with Gasteiger partial charge in [-0.3, -0.25) is 10.1 Å². The lowest BCUT2D eigenvalue weighted by atomic mass is 10.2. The summed E-state index contributed by atoms with van der Waals surface area (Å²) in [5, 5.41) is 19.6. The standard InChI is InChI=1S/C11H13F2NO3S/c1-6(15)7(2)18-10-4-3-8(14(16)17)5-9(10)11(12)13/h3-7,11,15H,1-2H3. The number of aliphatic hydroxyl groups excluding tert-OH is 1. The summed E-state index contributed by atoms with van der Waals surface area (Å²) in [4.78, 5) is 10.1. The number of halogens is 2. The van der Waals surface area contributed by atoms with E-state index in [9.17, 15) is 24.0 Å². The van der Waals surface area contributed by atoms with Gasteiger partial charge in [0.25, 0.3) is 12.1 Å². The van der Waals surface area contributed by atoms with Gasteiger partial charge >= 0.3 is 0 Å². The molecule has 0 aliphatic heterocycles. The molecule has 0 radical (unpaired) electrons. The topological polar surface area (TPSA) is 63.4 Å². The number of aliphatic hydroxyl groups is 1. The molecule has 0 heterocycles. The van der Waals surface area contributed by atoms with Crippen LogP contribution in [0.5, 0.6) is 0 Å². The van der Waals surface area contributed by atoms with E-state index in [0.29, 0.717) is 0 Å². The first-order valence-electron chi connectivity index (χ1n) is 5.24. The Morgan fingerprint density at radius 1 is 1.39 bits per heavy atom. The van der Waals surface area contributed by atoms with Crippen LogP contribution in [0.1, 0.15) is 25.8 Å². The highest BCUT2D eigenvalue weighted by Crippen LogP contribution is 2.36. The number of nitrogens with zero attached hydrogens (tertiary/aromatic N) is 1. The Morgan fingerprint density at radius 3 is 2.44 bits per heavy atom. The molecular formula is C11H13F2NO3S. The quantitative estimate of drug-likeness (QED) is 0.509. The van der Waals surface area contributed by atoms with Crippen LogP contribution in [0.3, 0.4) is 0 Å². The second-order valence-corrected chi connectivity index (χ2v) is 5.26. The predicted molar refractivity (Wildman–Crippen MR) is 65.1 cm³/mol. The molecule has 1 aromatic rings. The molecule has 2 atom stereocenters. The summed E-state index contributed by atoms with van der Waals surface area (Å²) in [5.41, 5.74) is -0.735. The van der Waals surface area contributed by atoms with E-state index in [2.05, 4.69) is 0 Å². The summed E-state index contributed by atoms with van der Waals surface area (Å²) in [5.74, 6) is 0.